The van der Waals surface area contributed by atoms with Crippen molar-refractivity contribution in [3.05, 3.63) is 53.3 Å². The highest BCUT2D eigenvalue weighted by molar-refractivity contribution is 6.32. The lowest BCUT2D eigenvalue weighted by Crippen LogP contribution is -2.24. The first-order valence-electron chi connectivity index (χ1n) is 7.74. The number of ether oxygens (including phenoxy) is 1. The predicted molar refractivity (Wildman–Crippen MR) is 93.8 cm³/mol. The number of carbonyl (C=O) groups is 1. The standard InChI is InChI=1S/C18H16ClN3O2/c1-24-16-7-6-12(9-13(16)19)22-10-11(8-17(22)23)18-20-14-4-2-3-5-15(14)21-18/h2-7,9,11H,8,10H2,1H3,(H,20,21). The number of imidazole rings is 1. The zero-order chi connectivity index (χ0) is 16.7. The molecule has 6 heteroatoms. The van der Waals surface area contributed by atoms with Crippen LogP contribution < -0.4 is 9.64 Å². The average molecular weight is 342 g/mol. The average Bonchev–Trinajstić information content (AvgIpc) is 3.18. The molecule has 2 heterocycles. The minimum absolute atomic E-state index is 0.0470. The van der Waals surface area contributed by atoms with Gasteiger partial charge in [0.1, 0.15) is 11.6 Å². The van der Waals surface area contributed by atoms with Gasteiger partial charge < -0.3 is 14.6 Å². The second kappa shape index (κ2) is 5.83. The molecule has 1 N–H and O–H groups in total. The highest BCUT2D eigenvalue weighted by atomic mass is 35.5. The van der Waals surface area contributed by atoms with Crippen molar-refractivity contribution < 1.29 is 9.53 Å². The Labute approximate surface area is 144 Å². The van der Waals surface area contributed by atoms with E-state index < -0.39 is 0 Å². The van der Waals surface area contributed by atoms with E-state index in [1.807, 2.05) is 30.3 Å². The van der Waals surface area contributed by atoms with Gasteiger partial charge >= 0.3 is 0 Å². The Bertz CT molecular complexity index is 889. The number of aromatic amines is 1. The number of H-pyrrole nitrogens is 1. The Kier molecular flexibility index (Phi) is 3.65. The van der Waals surface area contributed by atoms with Crippen molar-refractivity contribution in [1.82, 2.24) is 9.97 Å². The van der Waals surface area contributed by atoms with E-state index >= 15 is 0 Å². The number of para-hydroxylation sites is 2. The van der Waals surface area contributed by atoms with Crippen molar-refractivity contribution in [3.63, 3.8) is 0 Å². The minimum Gasteiger partial charge on any atom is -0.495 e. The van der Waals surface area contributed by atoms with Gasteiger partial charge in [0.2, 0.25) is 5.91 Å². The van der Waals surface area contributed by atoms with Crippen LogP contribution in [0.5, 0.6) is 5.75 Å². The first-order chi connectivity index (χ1) is 11.7. The molecule has 0 aliphatic carbocycles. The number of carbonyl (C=O) groups excluding carboxylic acids is 1. The van der Waals surface area contributed by atoms with Gasteiger partial charge in [0.05, 0.1) is 23.2 Å². The number of nitrogens with one attached hydrogen (secondary N) is 1. The van der Waals surface area contributed by atoms with E-state index in [4.69, 9.17) is 16.3 Å². The molecule has 1 atom stereocenters. The van der Waals surface area contributed by atoms with Crippen LogP contribution in [0.3, 0.4) is 0 Å². The number of nitrogens with zero attached hydrogens (tertiary/aromatic N) is 2. The van der Waals surface area contributed by atoms with E-state index in [1.54, 1.807) is 24.1 Å². The molecule has 0 saturated carbocycles. The number of aromatic nitrogens is 2. The summed E-state index contributed by atoms with van der Waals surface area (Å²) in [6, 6.07) is 13.3. The number of benzene rings is 2. The molecule has 1 saturated heterocycles. The lowest BCUT2D eigenvalue weighted by atomic mass is 10.1. The van der Waals surface area contributed by atoms with Crippen LogP contribution in [0.1, 0.15) is 18.2 Å². The van der Waals surface area contributed by atoms with Crippen LogP contribution in [0.25, 0.3) is 11.0 Å². The fourth-order valence-electron chi connectivity index (χ4n) is 3.13. The molecule has 122 valence electrons. The Balaban J connectivity index is 1.61. The zero-order valence-corrected chi connectivity index (χ0v) is 13.9. The summed E-state index contributed by atoms with van der Waals surface area (Å²) in [6.07, 6.45) is 0.434. The SMILES string of the molecule is COc1ccc(N2CC(c3nc4ccccc4[nH]3)CC2=O)cc1Cl. The molecule has 0 spiro atoms. The third-order valence-electron chi connectivity index (χ3n) is 4.37. The molecule has 24 heavy (non-hydrogen) atoms. The first-order valence-corrected chi connectivity index (χ1v) is 8.12. The Morgan fingerprint density at radius 1 is 1.29 bits per heavy atom. The van der Waals surface area contributed by atoms with Crippen molar-refractivity contribution in [3.8, 4) is 5.75 Å². The predicted octanol–water partition coefficient (Wildman–Crippen LogP) is 3.75. The van der Waals surface area contributed by atoms with Crippen LogP contribution in [0.15, 0.2) is 42.5 Å². The van der Waals surface area contributed by atoms with Gasteiger partial charge in [-0.25, -0.2) is 4.98 Å². The summed E-state index contributed by atoms with van der Waals surface area (Å²) in [5, 5.41) is 0.495. The van der Waals surface area contributed by atoms with Crippen molar-refractivity contribution in [2.24, 2.45) is 0 Å². The molecule has 1 unspecified atom stereocenters. The van der Waals surface area contributed by atoms with Crippen molar-refractivity contribution in [2.45, 2.75) is 12.3 Å². The molecule has 0 radical (unpaired) electrons. The molecule has 3 aromatic rings. The first kappa shape index (κ1) is 15.0. The maximum atomic E-state index is 12.4. The molecule has 4 rings (SSSR count). The van der Waals surface area contributed by atoms with Gasteiger partial charge in [-0.3, -0.25) is 4.79 Å². The quantitative estimate of drug-likeness (QED) is 0.789. The fraction of sp³-hybridized carbons (Fsp3) is 0.222. The third kappa shape index (κ3) is 2.51. The monoisotopic (exact) mass is 341 g/mol. The van der Waals surface area contributed by atoms with Crippen LogP contribution in [-0.2, 0) is 4.79 Å². The molecule has 0 bridgehead atoms. The Morgan fingerprint density at radius 3 is 2.88 bits per heavy atom. The van der Waals surface area contributed by atoms with E-state index in [1.165, 1.54) is 0 Å². The summed E-state index contributed by atoms with van der Waals surface area (Å²) < 4.78 is 5.16. The summed E-state index contributed by atoms with van der Waals surface area (Å²) in [4.78, 5) is 22.1. The minimum atomic E-state index is 0.0470. The summed E-state index contributed by atoms with van der Waals surface area (Å²) in [5.41, 5.74) is 2.70. The zero-order valence-electron chi connectivity index (χ0n) is 13.1. The molecule has 2 aromatic carbocycles. The normalized spacial score (nSPS) is 17.7. The number of fused-ring (bicyclic) bond motifs is 1. The van der Waals surface area contributed by atoms with Crippen molar-refractivity contribution >= 4 is 34.2 Å². The smallest absolute Gasteiger partial charge is 0.227 e. The fourth-order valence-corrected chi connectivity index (χ4v) is 3.38. The van der Waals surface area contributed by atoms with Crippen LogP contribution in [0.2, 0.25) is 5.02 Å². The number of methoxy groups -OCH3 is 1. The number of anilines is 1. The van der Waals surface area contributed by atoms with Crippen molar-refractivity contribution in [2.75, 3.05) is 18.6 Å². The van der Waals surface area contributed by atoms with Gasteiger partial charge in [-0.15, -0.1) is 0 Å². The number of hydrogen-bond donors (Lipinski definition) is 1. The third-order valence-corrected chi connectivity index (χ3v) is 4.66. The Morgan fingerprint density at radius 2 is 2.12 bits per heavy atom. The molecule has 5 nitrogen and oxygen atoms in total. The topological polar surface area (TPSA) is 58.2 Å². The molecular weight excluding hydrogens is 326 g/mol. The second-order valence-electron chi connectivity index (χ2n) is 5.86. The highest BCUT2D eigenvalue weighted by Crippen LogP contribution is 2.35. The molecular formula is C18H16ClN3O2. The number of halogens is 1. The van der Waals surface area contributed by atoms with E-state index in [0.717, 1.165) is 22.5 Å². The maximum Gasteiger partial charge on any atom is 0.227 e. The van der Waals surface area contributed by atoms with Gasteiger partial charge in [-0.05, 0) is 30.3 Å². The lowest BCUT2D eigenvalue weighted by Gasteiger charge is -2.17. The molecule has 1 aliphatic heterocycles. The number of amides is 1. The molecule has 1 aromatic heterocycles. The number of rotatable bonds is 3. The van der Waals surface area contributed by atoms with Gasteiger partial charge in [0.25, 0.3) is 0 Å². The molecule has 1 amide bonds. The molecule has 1 aliphatic rings. The van der Waals surface area contributed by atoms with E-state index in [0.29, 0.717) is 23.7 Å². The van der Waals surface area contributed by atoms with E-state index in [9.17, 15) is 4.79 Å². The van der Waals surface area contributed by atoms with Crippen LogP contribution in [-0.4, -0.2) is 29.5 Å². The number of hydrogen-bond acceptors (Lipinski definition) is 3. The summed E-state index contributed by atoms with van der Waals surface area (Å²) in [7, 11) is 1.57. The van der Waals surface area contributed by atoms with Crippen molar-refractivity contribution in [1.29, 1.82) is 0 Å². The lowest BCUT2D eigenvalue weighted by molar-refractivity contribution is -0.117. The molecule has 1 fully saturated rings. The van der Waals surface area contributed by atoms with Gasteiger partial charge in [-0.2, -0.15) is 0 Å². The largest absolute Gasteiger partial charge is 0.495 e. The van der Waals surface area contributed by atoms with Gasteiger partial charge in [0, 0.05) is 24.6 Å². The van der Waals surface area contributed by atoms with Gasteiger partial charge in [0.15, 0.2) is 0 Å². The van der Waals surface area contributed by atoms with Crippen LogP contribution in [0, 0.1) is 0 Å². The second-order valence-corrected chi connectivity index (χ2v) is 6.27. The Hall–Kier alpha value is -2.53. The van der Waals surface area contributed by atoms with E-state index in [-0.39, 0.29) is 11.8 Å². The summed E-state index contributed by atoms with van der Waals surface area (Å²) >= 11 is 6.18. The summed E-state index contributed by atoms with van der Waals surface area (Å²) in [5.74, 6) is 1.57. The highest BCUT2D eigenvalue weighted by Gasteiger charge is 2.33. The van der Waals surface area contributed by atoms with E-state index in [2.05, 4.69) is 9.97 Å². The van der Waals surface area contributed by atoms with Gasteiger partial charge in [-0.1, -0.05) is 23.7 Å². The van der Waals surface area contributed by atoms with Crippen LogP contribution in [0.4, 0.5) is 5.69 Å². The van der Waals surface area contributed by atoms with Crippen LogP contribution >= 0.6 is 11.6 Å². The summed E-state index contributed by atoms with van der Waals surface area (Å²) in [6.45, 7) is 0.585. The maximum absolute atomic E-state index is 12.4.